The molecular formula is C14H17F2N3S. The second-order valence-corrected chi connectivity index (χ2v) is 5.44. The molecule has 108 valence electrons. The number of rotatable bonds is 6. The molecule has 20 heavy (non-hydrogen) atoms. The Kier molecular flexibility index (Phi) is 4.89. The third kappa shape index (κ3) is 3.45. The van der Waals surface area contributed by atoms with Crippen molar-refractivity contribution in [3.63, 3.8) is 0 Å². The quantitative estimate of drug-likeness (QED) is 0.829. The highest BCUT2D eigenvalue weighted by Crippen LogP contribution is 2.25. The fourth-order valence-electron chi connectivity index (χ4n) is 1.75. The molecule has 2 aromatic rings. The lowest BCUT2D eigenvalue weighted by Crippen LogP contribution is -2.11. The van der Waals surface area contributed by atoms with Gasteiger partial charge in [-0.05, 0) is 24.8 Å². The minimum atomic E-state index is -0.687. The Morgan fingerprint density at radius 2 is 2.05 bits per heavy atom. The highest BCUT2D eigenvalue weighted by Gasteiger charge is 2.14. The molecule has 0 amide bonds. The molecule has 0 fully saturated rings. The maximum absolute atomic E-state index is 13.8. The predicted octanol–water partition coefficient (Wildman–Crippen LogP) is 4.42. The maximum Gasteiger partial charge on any atom is 0.168 e. The molecule has 0 bridgehead atoms. The molecule has 1 unspecified atom stereocenters. The van der Waals surface area contributed by atoms with Crippen LogP contribution >= 0.6 is 11.3 Å². The topological polar surface area (TPSA) is 37.0 Å². The summed E-state index contributed by atoms with van der Waals surface area (Å²) >= 11 is 1.57. The minimum absolute atomic E-state index is 0.0610. The van der Waals surface area contributed by atoms with Gasteiger partial charge in [0.25, 0.3) is 0 Å². The fourth-order valence-corrected chi connectivity index (χ4v) is 2.48. The standard InChI is InChI=1S/C14H17F2N3S/c1-3-6-17-13-10(15)8-11(16)14(19-13)18-9(2)12-5-4-7-20-12/h4-5,7-9H,3,6H2,1-2H3,(H2,17,18,19). The summed E-state index contributed by atoms with van der Waals surface area (Å²) in [6, 6.07) is 4.66. The average Bonchev–Trinajstić information content (AvgIpc) is 2.94. The summed E-state index contributed by atoms with van der Waals surface area (Å²) in [5, 5.41) is 7.78. The predicted molar refractivity (Wildman–Crippen MR) is 79.3 cm³/mol. The first-order valence-electron chi connectivity index (χ1n) is 6.51. The number of nitrogens with zero attached hydrogens (tertiary/aromatic N) is 1. The van der Waals surface area contributed by atoms with Crippen molar-refractivity contribution in [3.05, 3.63) is 40.1 Å². The Hall–Kier alpha value is -1.69. The Morgan fingerprint density at radius 1 is 1.30 bits per heavy atom. The normalized spacial score (nSPS) is 12.2. The van der Waals surface area contributed by atoms with Crippen molar-refractivity contribution in [3.8, 4) is 0 Å². The molecule has 0 spiro atoms. The van der Waals surface area contributed by atoms with Gasteiger partial charge in [-0.25, -0.2) is 13.8 Å². The SMILES string of the molecule is CCCNc1nc(NC(C)c2cccs2)c(F)cc1F. The van der Waals surface area contributed by atoms with Gasteiger partial charge in [0.1, 0.15) is 0 Å². The first-order chi connectivity index (χ1) is 9.61. The monoisotopic (exact) mass is 297 g/mol. The Balaban J connectivity index is 2.18. The van der Waals surface area contributed by atoms with E-state index in [1.807, 2.05) is 31.4 Å². The largest absolute Gasteiger partial charge is 0.368 e. The molecule has 3 nitrogen and oxygen atoms in total. The molecule has 0 radical (unpaired) electrons. The van der Waals surface area contributed by atoms with Crippen LogP contribution in [0.5, 0.6) is 0 Å². The lowest BCUT2D eigenvalue weighted by Gasteiger charge is -2.15. The summed E-state index contributed by atoms with van der Waals surface area (Å²) in [6.07, 6.45) is 0.840. The number of thiophene rings is 1. The molecule has 0 aliphatic heterocycles. The van der Waals surface area contributed by atoms with E-state index in [0.717, 1.165) is 17.4 Å². The minimum Gasteiger partial charge on any atom is -0.368 e. The van der Waals surface area contributed by atoms with Gasteiger partial charge in [-0.1, -0.05) is 13.0 Å². The summed E-state index contributed by atoms with van der Waals surface area (Å²) in [5.41, 5.74) is 0. The van der Waals surface area contributed by atoms with Gasteiger partial charge in [0, 0.05) is 17.5 Å². The number of pyridine rings is 1. The van der Waals surface area contributed by atoms with E-state index in [1.165, 1.54) is 0 Å². The van der Waals surface area contributed by atoms with Crippen LogP contribution in [0.1, 0.15) is 31.2 Å². The first kappa shape index (κ1) is 14.7. The van der Waals surface area contributed by atoms with Crippen LogP contribution in [0.2, 0.25) is 0 Å². The summed E-state index contributed by atoms with van der Waals surface area (Å²) < 4.78 is 27.3. The summed E-state index contributed by atoms with van der Waals surface area (Å²) in [6.45, 7) is 4.47. The summed E-state index contributed by atoms with van der Waals surface area (Å²) in [5.74, 6) is -1.22. The molecule has 0 aromatic carbocycles. The Morgan fingerprint density at radius 3 is 2.70 bits per heavy atom. The molecule has 0 aliphatic carbocycles. The summed E-state index contributed by atoms with van der Waals surface area (Å²) in [4.78, 5) is 5.06. The molecule has 6 heteroatoms. The van der Waals surface area contributed by atoms with E-state index < -0.39 is 11.6 Å². The smallest absolute Gasteiger partial charge is 0.168 e. The van der Waals surface area contributed by atoms with Crippen LogP contribution in [0.3, 0.4) is 0 Å². The van der Waals surface area contributed by atoms with Crippen LogP contribution in [0, 0.1) is 11.6 Å². The Labute approximate surface area is 121 Å². The van der Waals surface area contributed by atoms with Crippen molar-refractivity contribution in [1.29, 1.82) is 0 Å². The van der Waals surface area contributed by atoms with E-state index in [1.54, 1.807) is 11.3 Å². The lowest BCUT2D eigenvalue weighted by molar-refractivity contribution is 0.576. The van der Waals surface area contributed by atoms with Gasteiger partial charge in [-0.2, -0.15) is 0 Å². The molecule has 1 atom stereocenters. The van der Waals surface area contributed by atoms with Crippen molar-refractivity contribution in [2.75, 3.05) is 17.2 Å². The number of anilines is 2. The number of halogens is 2. The first-order valence-corrected chi connectivity index (χ1v) is 7.39. The van der Waals surface area contributed by atoms with Crippen molar-refractivity contribution < 1.29 is 8.78 Å². The highest BCUT2D eigenvalue weighted by atomic mass is 32.1. The second-order valence-electron chi connectivity index (χ2n) is 4.46. The zero-order chi connectivity index (χ0) is 14.5. The van der Waals surface area contributed by atoms with Gasteiger partial charge in [-0.3, -0.25) is 0 Å². The van der Waals surface area contributed by atoms with Crippen LogP contribution in [0.4, 0.5) is 20.4 Å². The number of nitrogens with one attached hydrogen (secondary N) is 2. The molecule has 2 aromatic heterocycles. The van der Waals surface area contributed by atoms with Crippen molar-refractivity contribution in [2.45, 2.75) is 26.3 Å². The van der Waals surface area contributed by atoms with Crippen molar-refractivity contribution >= 4 is 23.0 Å². The maximum atomic E-state index is 13.8. The molecule has 0 saturated heterocycles. The van der Waals surface area contributed by atoms with E-state index in [-0.39, 0.29) is 17.7 Å². The van der Waals surface area contributed by atoms with Gasteiger partial charge in [0.2, 0.25) is 0 Å². The zero-order valence-corrected chi connectivity index (χ0v) is 12.2. The number of aromatic nitrogens is 1. The van der Waals surface area contributed by atoms with Crippen LogP contribution in [0.25, 0.3) is 0 Å². The van der Waals surface area contributed by atoms with Crippen molar-refractivity contribution in [2.24, 2.45) is 0 Å². The number of hydrogen-bond acceptors (Lipinski definition) is 4. The van der Waals surface area contributed by atoms with Gasteiger partial charge in [0.15, 0.2) is 23.3 Å². The fraction of sp³-hybridized carbons (Fsp3) is 0.357. The third-order valence-corrected chi connectivity index (χ3v) is 3.85. The second kappa shape index (κ2) is 6.65. The molecule has 0 saturated carbocycles. The lowest BCUT2D eigenvalue weighted by atomic mass is 10.2. The molecule has 2 N–H and O–H groups in total. The summed E-state index contributed by atoms with van der Waals surface area (Å²) in [7, 11) is 0. The van der Waals surface area contributed by atoms with E-state index in [9.17, 15) is 8.78 Å². The molecule has 2 rings (SSSR count). The van der Waals surface area contributed by atoms with Crippen LogP contribution in [0.15, 0.2) is 23.6 Å². The number of hydrogen-bond donors (Lipinski definition) is 2. The van der Waals surface area contributed by atoms with Crippen LogP contribution in [-0.2, 0) is 0 Å². The van der Waals surface area contributed by atoms with E-state index in [2.05, 4.69) is 15.6 Å². The average molecular weight is 297 g/mol. The van der Waals surface area contributed by atoms with Gasteiger partial charge in [0.05, 0.1) is 6.04 Å². The van der Waals surface area contributed by atoms with Gasteiger partial charge in [-0.15, -0.1) is 11.3 Å². The molecule has 2 heterocycles. The van der Waals surface area contributed by atoms with Crippen LogP contribution < -0.4 is 10.6 Å². The zero-order valence-electron chi connectivity index (χ0n) is 11.4. The van der Waals surface area contributed by atoms with E-state index >= 15 is 0 Å². The van der Waals surface area contributed by atoms with Gasteiger partial charge < -0.3 is 10.6 Å². The highest BCUT2D eigenvalue weighted by molar-refractivity contribution is 7.10. The van der Waals surface area contributed by atoms with E-state index in [4.69, 9.17) is 0 Å². The van der Waals surface area contributed by atoms with Gasteiger partial charge >= 0.3 is 0 Å². The molecular weight excluding hydrogens is 280 g/mol. The Bertz CT molecular complexity index is 558. The molecule has 0 aliphatic rings. The van der Waals surface area contributed by atoms with Crippen LogP contribution in [-0.4, -0.2) is 11.5 Å². The van der Waals surface area contributed by atoms with Crippen molar-refractivity contribution in [1.82, 2.24) is 4.98 Å². The van der Waals surface area contributed by atoms with E-state index in [0.29, 0.717) is 6.54 Å². The third-order valence-electron chi connectivity index (χ3n) is 2.80.